The largest absolute Gasteiger partial charge is 0.395 e. The van der Waals surface area contributed by atoms with E-state index in [4.69, 9.17) is 0 Å². The number of aliphatic hydroxyl groups excluding tert-OH is 1. The molecule has 40 heavy (non-hydrogen) atoms. The van der Waals surface area contributed by atoms with E-state index < -0.39 is 0 Å². The average Bonchev–Trinajstić information content (AvgIpc) is 2.92. The molecule has 0 aliphatic rings. The molecule has 0 aliphatic carbocycles. The van der Waals surface area contributed by atoms with Crippen LogP contribution in [0.3, 0.4) is 0 Å². The van der Waals surface area contributed by atoms with Crippen molar-refractivity contribution in [2.24, 2.45) is 7.05 Å². The van der Waals surface area contributed by atoms with Gasteiger partial charge in [0, 0.05) is 61.6 Å². The van der Waals surface area contributed by atoms with Crippen LogP contribution in [0.1, 0.15) is 42.3 Å². The molecule has 0 unspecified atom stereocenters. The molecule has 2 aromatic heterocycles. The van der Waals surface area contributed by atoms with Crippen LogP contribution >= 0.6 is 0 Å². The summed E-state index contributed by atoms with van der Waals surface area (Å²) in [4.78, 5) is 36.8. The van der Waals surface area contributed by atoms with Crippen molar-refractivity contribution in [3.63, 3.8) is 0 Å². The minimum Gasteiger partial charge on any atom is -0.395 e. The number of hydrogen-bond donors (Lipinski definition) is 3. The zero-order valence-corrected chi connectivity index (χ0v) is 23.8. The predicted molar refractivity (Wildman–Crippen MR) is 161 cm³/mol. The second-order valence-corrected chi connectivity index (χ2v) is 10.8. The van der Waals surface area contributed by atoms with Crippen molar-refractivity contribution in [3.8, 4) is 11.3 Å². The summed E-state index contributed by atoms with van der Waals surface area (Å²) in [5, 5.41) is 15.4. The summed E-state index contributed by atoms with van der Waals surface area (Å²) < 4.78 is 1.48. The highest BCUT2D eigenvalue weighted by atomic mass is 16.3. The van der Waals surface area contributed by atoms with E-state index in [1.807, 2.05) is 61.3 Å². The smallest absolute Gasteiger partial charge is 0.293 e. The van der Waals surface area contributed by atoms with Gasteiger partial charge in [0.2, 0.25) is 0 Å². The van der Waals surface area contributed by atoms with Gasteiger partial charge < -0.3 is 25.2 Å². The molecule has 0 saturated carbocycles. The number of aromatic nitrogens is 3. The number of amides is 1. The summed E-state index contributed by atoms with van der Waals surface area (Å²) in [5.41, 5.74) is 4.97. The Morgan fingerprint density at radius 2 is 1.82 bits per heavy atom. The topological polar surface area (TPSA) is 112 Å². The van der Waals surface area contributed by atoms with E-state index in [1.54, 1.807) is 31.6 Å². The standard InChI is InChI=1S/C31H36N6O3/c1-20-24(8-7-9-25(20)35-29(39)21-10-12-22(13-11-21)31(2,3)4)26-19-37(6)30(40)28(34-26)33-23-14-15-32-27(18-23)36(5)16-17-38/h7-15,18-19,38H,16-17H2,1-6H3,(H,35,39)(H,32,33,34). The molecule has 0 aliphatic heterocycles. The van der Waals surface area contributed by atoms with E-state index in [-0.39, 0.29) is 29.3 Å². The van der Waals surface area contributed by atoms with Crippen LogP contribution in [0, 0.1) is 6.92 Å². The lowest BCUT2D eigenvalue weighted by Gasteiger charge is -2.19. The molecule has 4 aromatic rings. The van der Waals surface area contributed by atoms with Gasteiger partial charge in [0.15, 0.2) is 5.82 Å². The van der Waals surface area contributed by atoms with Crippen molar-refractivity contribution in [1.29, 1.82) is 0 Å². The number of benzene rings is 2. The minimum atomic E-state index is -0.286. The predicted octanol–water partition coefficient (Wildman–Crippen LogP) is 4.87. The zero-order chi connectivity index (χ0) is 29.0. The summed E-state index contributed by atoms with van der Waals surface area (Å²) in [6, 6.07) is 16.8. The van der Waals surface area contributed by atoms with E-state index in [2.05, 4.69) is 41.4 Å². The van der Waals surface area contributed by atoms with Crippen LogP contribution in [-0.2, 0) is 12.5 Å². The lowest BCUT2D eigenvalue weighted by atomic mass is 9.86. The highest BCUT2D eigenvalue weighted by molar-refractivity contribution is 6.05. The van der Waals surface area contributed by atoms with Gasteiger partial charge in [-0.3, -0.25) is 9.59 Å². The van der Waals surface area contributed by atoms with Crippen LogP contribution in [0.4, 0.5) is 23.0 Å². The number of pyridine rings is 1. The van der Waals surface area contributed by atoms with Crippen LogP contribution in [0.15, 0.2) is 71.8 Å². The van der Waals surface area contributed by atoms with E-state index >= 15 is 0 Å². The number of anilines is 4. The Bertz CT molecular complexity index is 1570. The van der Waals surface area contributed by atoms with E-state index in [0.717, 1.165) is 16.7 Å². The first-order valence-corrected chi connectivity index (χ1v) is 13.1. The van der Waals surface area contributed by atoms with Crippen molar-refractivity contribution in [1.82, 2.24) is 14.5 Å². The molecule has 9 heteroatoms. The van der Waals surface area contributed by atoms with Crippen LogP contribution < -0.4 is 21.1 Å². The van der Waals surface area contributed by atoms with Gasteiger partial charge in [-0.15, -0.1) is 0 Å². The number of nitrogens with one attached hydrogen (secondary N) is 2. The number of hydrogen-bond acceptors (Lipinski definition) is 7. The SMILES string of the molecule is Cc1c(NC(=O)c2ccc(C(C)(C)C)cc2)cccc1-c1cn(C)c(=O)c(Nc2ccnc(N(C)CCO)c2)n1. The molecule has 0 bridgehead atoms. The zero-order valence-electron chi connectivity index (χ0n) is 23.8. The first kappa shape index (κ1) is 28.5. The van der Waals surface area contributed by atoms with Gasteiger partial charge in [-0.2, -0.15) is 0 Å². The summed E-state index contributed by atoms with van der Waals surface area (Å²) in [6.07, 6.45) is 3.31. The second-order valence-electron chi connectivity index (χ2n) is 10.8. The van der Waals surface area contributed by atoms with Gasteiger partial charge in [0.25, 0.3) is 11.5 Å². The van der Waals surface area contributed by atoms with Crippen molar-refractivity contribution in [2.45, 2.75) is 33.1 Å². The maximum absolute atomic E-state index is 13.0. The van der Waals surface area contributed by atoms with Gasteiger partial charge in [0.1, 0.15) is 5.82 Å². The number of carbonyl (C=O) groups is 1. The lowest BCUT2D eigenvalue weighted by molar-refractivity contribution is 0.102. The summed E-state index contributed by atoms with van der Waals surface area (Å²) in [5.74, 6) is 0.616. The van der Waals surface area contributed by atoms with Crippen molar-refractivity contribution >= 4 is 28.9 Å². The molecular weight excluding hydrogens is 504 g/mol. The van der Waals surface area contributed by atoms with Crippen LogP contribution in [0.5, 0.6) is 0 Å². The number of aryl methyl sites for hydroxylation is 1. The van der Waals surface area contributed by atoms with E-state index in [9.17, 15) is 14.7 Å². The summed E-state index contributed by atoms with van der Waals surface area (Å²) in [7, 11) is 3.50. The molecule has 2 heterocycles. The number of likely N-dealkylation sites (N-methyl/N-ethyl adjacent to an activating group) is 1. The number of nitrogens with zero attached hydrogens (tertiary/aromatic N) is 4. The molecule has 2 aromatic carbocycles. The lowest BCUT2D eigenvalue weighted by Crippen LogP contribution is -2.23. The van der Waals surface area contributed by atoms with E-state index in [1.165, 1.54) is 4.57 Å². The monoisotopic (exact) mass is 540 g/mol. The molecule has 9 nitrogen and oxygen atoms in total. The molecule has 208 valence electrons. The van der Waals surface area contributed by atoms with Crippen LogP contribution in [0.2, 0.25) is 0 Å². The molecule has 3 N–H and O–H groups in total. The maximum atomic E-state index is 13.0. The number of carbonyl (C=O) groups excluding carboxylic acids is 1. The van der Waals surface area contributed by atoms with Gasteiger partial charge in [0.05, 0.1) is 12.3 Å². The van der Waals surface area contributed by atoms with Crippen molar-refractivity contribution in [2.75, 3.05) is 35.7 Å². The number of aliphatic hydroxyl groups is 1. The Kier molecular flexibility index (Phi) is 8.35. The number of rotatable bonds is 8. The highest BCUT2D eigenvalue weighted by Crippen LogP contribution is 2.29. The Balaban J connectivity index is 1.61. The summed E-state index contributed by atoms with van der Waals surface area (Å²) >= 11 is 0. The van der Waals surface area contributed by atoms with Crippen molar-refractivity contribution in [3.05, 3.63) is 94.0 Å². The van der Waals surface area contributed by atoms with Gasteiger partial charge in [-0.25, -0.2) is 9.97 Å². The normalized spacial score (nSPS) is 11.3. The summed E-state index contributed by atoms with van der Waals surface area (Å²) in [6.45, 7) is 8.76. The quantitative estimate of drug-likeness (QED) is 0.292. The molecule has 0 radical (unpaired) electrons. The Morgan fingerprint density at radius 1 is 1.10 bits per heavy atom. The van der Waals surface area contributed by atoms with Crippen LogP contribution in [0.25, 0.3) is 11.3 Å². The average molecular weight is 541 g/mol. The molecular formula is C31H36N6O3. The van der Waals surface area contributed by atoms with E-state index in [0.29, 0.717) is 35.0 Å². The van der Waals surface area contributed by atoms with Gasteiger partial charge in [-0.05, 0) is 47.7 Å². The first-order chi connectivity index (χ1) is 19.0. The third kappa shape index (κ3) is 6.38. The molecule has 0 spiro atoms. The molecule has 0 atom stereocenters. The first-order valence-electron chi connectivity index (χ1n) is 13.1. The fourth-order valence-electron chi connectivity index (χ4n) is 4.29. The third-order valence-corrected chi connectivity index (χ3v) is 6.78. The fourth-order valence-corrected chi connectivity index (χ4v) is 4.29. The van der Waals surface area contributed by atoms with Gasteiger partial charge in [-0.1, -0.05) is 45.0 Å². The van der Waals surface area contributed by atoms with Gasteiger partial charge >= 0.3 is 0 Å². The van der Waals surface area contributed by atoms with Crippen molar-refractivity contribution < 1.29 is 9.90 Å². The highest BCUT2D eigenvalue weighted by Gasteiger charge is 2.17. The second kappa shape index (κ2) is 11.7. The van der Waals surface area contributed by atoms with Crippen LogP contribution in [-0.4, -0.2) is 45.7 Å². The molecule has 1 amide bonds. The fraction of sp³-hybridized carbons (Fsp3) is 0.290. The molecule has 0 fully saturated rings. The molecule has 0 saturated heterocycles. The Hall–Kier alpha value is -4.50. The Labute approximate surface area is 234 Å². The maximum Gasteiger partial charge on any atom is 0.293 e. The minimum absolute atomic E-state index is 0.00231. The molecule has 4 rings (SSSR count). The third-order valence-electron chi connectivity index (χ3n) is 6.78. The Morgan fingerprint density at radius 3 is 2.50 bits per heavy atom.